The number of sulfonamides is 1. The monoisotopic (exact) mass is 494 g/mol. The van der Waals surface area contributed by atoms with Crippen molar-refractivity contribution in [1.82, 2.24) is 5.32 Å². The van der Waals surface area contributed by atoms with E-state index in [9.17, 15) is 17.6 Å². The van der Waals surface area contributed by atoms with Crippen molar-refractivity contribution in [3.63, 3.8) is 0 Å². The second-order valence-corrected chi connectivity index (χ2v) is 10.8. The van der Waals surface area contributed by atoms with Crippen molar-refractivity contribution >= 4 is 33.0 Å². The number of rotatable bonds is 8. The highest BCUT2D eigenvalue weighted by atomic mass is 32.2. The van der Waals surface area contributed by atoms with Crippen LogP contribution in [0.25, 0.3) is 0 Å². The van der Waals surface area contributed by atoms with Crippen LogP contribution < -0.4 is 9.62 Å². The molecule has 3 aromatic carbocycles. The Kier molecular flexibility index (Phi) is 7.09. The molecule has 0 aliphatic heterocycles. The molecule has 0 saturated carbocycles. The maximum Gasteiger partial charge on any atom is 0.274 e. The summed E-state index contributed by atoms with van der Waals surface area (Å²) in [5.41, 5.74) is 2.59. The van der Waals surface area contributed by atoms with Crippen molar-refractivity contribution in [2.24, 2.45) is 0 Å². The molecule has 1 N–H and O–H groups in total. The first kappa shape index (κ1) is 23.7. The quantitative estimate of drug-likeness (QED) is 0.362. The zero-order chi connectivity index (χ0) is 24.1. The van der Waals surface area contributed by atoms with Crippen LogP contribution in [0.2, 0.25) is 0 Å². The number of nitrogens with zero attached hydrogens (tertiary/aromatic N) is 1. The first-order valence-electron chi connectivity index (χ1n) is 10.6. The molecule has 0 aliphatic rings. The molecule has 1 amide bonds. The average molecular weight is 495 g/mol. The molecule has 4 aromatic rings. The number of carbonyl (C=O) groups excluding carboxylic acids is 1. The fourth-order valence-electron chi connectivity index (χ4n) is 3.57. The summed E-state index contributed by atoms with van der Waals surface area (Å²) in [4.78, 5) is 13.2. The minimum Gasteiger partial charge on any atom is -0.344 e. The Morgan fingerprint density at radius 1 is 0.912 bits per heavy atom. The van der Waals surface area contributed by atoms with Gasteiger partial charge in [-0.05, 0) is 41.6 Å². The summed E-state index contributed by atoms with van der Waals surface area (Å²) in [7, 11) is -4.15. The first-order chi connectivity index (χ1) is 16.4. The van der Waals surface area contributed by atoms with Crippen LogP contribution in [-0.2, 0) is 14.8 Å². The normalized spacial score (nSPS) is 12.2. The third-order valence-electron chi connectivity index (χ3n) is 5.30. The van der Waals surface area contributed by atoms with Gasteiger partial charge in [0, 0.05) is 0 Å². The van der Waals surface area contributed by atoms with Crippen LogP contribution in [0.1, 0.15) is 22.7 Å². The van der Waals surface area contributed by atoms with E-state index in [1.807, 2.05) is 61.5 Å². The van der Waals surface area contributed by atoms with Gasteiger partial charge in [0.1, 0.15) is 16.6 Å². The molecule has 0 spiro atoms. The molecule has 1 atom stereocenters. The van der Waals surface area contributed by atoms with Crippen molar-refractivity contribution in [2.45, 2.75) is 17.2 Å². The summed E-state index contributed by atoms with van der Waals surface area (Å²) in [6.07, 6.45) is 0. The summed E-state index contributed by atoms with van der Waals surface area (Å²) in [5.74, 6) is -1.29. The van der Waals surface area contributed by atoms with Gasteiger partial charge in [0.05, 0.1) is 11.7 Å². The molecule has 1 unspecified atom stereocenters. The van der Waals surface area contributed by atoms with E-state index in [0.717, 1.165) is 32.3 Å². The molecule has 8 heteroatoms. The lowest BCUT2D eigenvalue weighted by molar-refractivity contribution is -0.120. The molecule has 4 rings (SSSR count). The molecule has 0 aliphatic carbocycles. The maximum absolute atomic E-state index is 14.7. The minimum atomic E-state index is -4.15. The van der Waals surface area contributed by atoms with E-state index in [4.69, 9.17) is 0 Å². The highest BCUT2D eigenvalue weighted by molar-refractivity contribution is 7.94. The zero-order valence-electron chi connectivity index (χ0n) is 18.4. The topological polar surface area (TPSA) is 66.5 Å². The second-order valence-electron chi connectivity index (χ2n) is 7.72. The van der Waals surface area contributed by atoms with E-state index in [0.29, 0.717) is 0 Å². The third kappa shape index (κ3) is 5.18. The molecule has 34 heavy (non-hydrogen) atoms. The first-order valence-corrected chi connectivity index (χ1v) is 12.9. The number of aryl methyl sites for hydroxylation is 1. The molecule has 1 aromatic heterocycles. The van der Waals surface area contributed by atoms with Crippen LogP contribution in [0, 0.1) is 12.7 Å². The van der Waals surface area contributed by atoms with Crippen LogP contribution in [0.3, 0.4) is 0 Å². The number of halogens is 1. The predicted molar refractivity (Wildman–Crippen MR) is 133 cm³/mol. The Hall–Kier alpha value is -3.49. The maximum atomic E-state index is 14.7. The molecule has 5 nitrogen and oxygen atoms in total. The third-order valence-corrected chi connectivity index (χ3v) is 8.43. The standard InChI is InChI=1S/C26H23FN2O3S2/c1-19-13-15-21(16-14-19)26(20-8-3-2-4-9-20)28-24(30)18-29(23-11-6-5-10-22(23)27)34(31,32)25-12-7-17-33-25/h2-17,26H,18H2,1H3,(H,28,30). The van der Waals surface area contributed by atoms with Crippen LogP contribution >= 0.6 is 11.3 Å². The summed E-state index contributed by atoms with van der Waals surface area (Å²) in [6, 6.07) is 25.2. The lowest BCUT2D eigenvalue weighted by Gasteiger charge is -2.26. The SMILES string of the molecule is Cc1ccc(C(NC(=O)CN(c2ccccc2F)S(=O)(=O)c2cccs2)c2ccccc2)cc1. The molecule has 0 bridgehead atoms. The summed E-state index contributed by atoms with van der Waals surface area (Å²) in [6.45, 7) is 1.40. The van der Waals surface area contributed by atoms with E-state index in [1.165, 1.54) is 30.3 Å². The molecular formula is C26H23FN2O3S2. The van der Waals surface area contributed by atoms with Crippen molar-refractivity contribution in [3.8, 4) is 0 Å². The number of hydrogen-bond donors (Lipinski definition) is 1. The summed E-state index contributed by atoms with van der Waals surface area (Å²) >= 11 is 1.01. The van der Waals surface area contributed by atoms with E-state index in [2.05, 4.69) is 5.32 Å². The van der Waals surface area contributed by atoms with Gasteiger partial charge in [0.25, 0.3) is 10.0 Å². The van der Waals surface area contributed by atoms with Crippen molar-refractivity contribution in [2.75, 3.05) is 10.8 Å². The Bertz CT molecular complexity index is 1360. The van der Waals surface area contributed by atoms with Crippen LogP contribution in [0.4, 0.5) is 10.1 Å². The van der Waals surface area contributed by atoms with Crippen molar-refractivity contribution < 1.29 is 17.6 Å². The molecule has 0 saturated heterocycles. The van der Waals surface area contributed by atoms with Gasteiger partial charge < -0.3 is 5.32 Å². The average Bonchev–Trinajstić information content (AvgIpc) is 3.39. The number of carbonyl (C=O) groups is 1. The highest BCUT2D eigenvalue weighted by Crippen LogP contribution is 2.29. The van der Waals surface area contributed by atoms with Gasteiger partial charge in [0.2, 0.25) is 5.91 Å². The highest BCUT2D eigenvalue weighted by Gasteiger charge is 2.30. The predicted octanol–water partition coefficient (Wildman–Crippen LogP) is 5.30. The van der Waals surface area contributed by atoms with E-state index in [-0.39, 0.29) is 9.90 Å². The van der Waals surface area contributed by atoms with Gasteiger partial charge in [-0.15, -0.1) is 11.3 Å². The number of nitrogens with one attached hydrogen (secondary N) is 1. The van der Waals surface area contributed by atoms with Crippen molar-refractivity contribution in [3.05, 3.63) is 119 Å². The van der Waals surface area contributed by atoms with Gasteiger partial charge in [-0.2, -0.15) is 0 Å². The molecule has 1 heterocycles. The largest absolute Gasteiger partial charge is 0.344 e. The van der Waals surface area contributed by atoms with E-state index in [1.54, 1.807) is 11.4 Å². The Balaban J connectivity index is 1.68. The van der Waals surface area contributed by atoms with Gasteiger partial charge in [-0.1, -0.05) is 78.4 Å². The summed E-state index contributed by atoms with van der Waals surface area (Å²) < 4.78 is 42.2. The molecule has 174 valence electrons. The lowest BCUT2D eigenvalue weighted by Crippen LogP contribution is -2.42. The van der Waals surface area contributed by atoms with E-state index < -0.39 is 34.3 Å². The van der Waals surface area contributed by atoms with Gasteiger partial charge in [-0.3, -0.25) is 9.10 Å². The molecule has 0 radical (unpaired) electrons. The number of benzene rings is 3. The van der Waals surface area contributed by atoms with Gasteiger partial charge >= 0.3 is 0 Å². The lowest BCUT2D eigenvalue weighted by atomic mass is 9.98. The number of amides is 1. The Morgan fingerprint density at radius 2 is 1.56 bits per heavy atom. The molecule has 0 fully saturated rings. The summed E-state index contributed by atoms with van der Waals surface area (Å²) in [5, 5.41) is 4.56. The Labute approximate surface area is 202 Å². The van der Waals surface area contributed by atoms with Crippen LogP contribution in [0.15, 0.2) is 101 Å². The molecular weight excluding hydrogens is 471 g/mol. The minimum absolute atomic E-state index is 0.0293. The van der Waals surface area contributed by atoms with E-state index >= 15 is 0 Å². The number of hydrogen-bond acceptors (Lipinski definition) is 4. The fourth-order valence-corrected chi connectivity index (χ4v) is 6.11. The second kappa shape index (κ2) is 10.2. The number of thiophene rings is 1. The zero-order valence-corrected chi connectivity index (χ0v) is 20.0. The fraction of sp³-hybridized carbons (Fsp3) is 0.115. The number of anilines is 1. The van der Waals surface area contributed by atoms with Gasteiger partial charge in [0.15, 0.2) is 0 Å². The smallest absolute Gasteiger partial charge is 0.274 e. The van der Waals surface area contributed by atoms with Crippen molar-refractivity contribution in [1.29, 1.82) is 0 Å². The van der Waals surface area contributed by atoms with Crippen LogP contribution in [0.5, 0.6) is 0 Å². The number of para-hydroxylation sites is 1. The van der Waals surface area contributed by atoms with Crippen LogP contribution in [-0.4, -0.2) is 20.9 Å². The van der Waals surface area contributed by atoms with Gasteiger partial charge in [-0.25, -0.2) is 12.8 Å². The Morgan fingerprint density at radius 3 is 2.21 bits per heavy atom.